The molecule has 0 saturated carbocycles. The van der Waals surface area contributed by atoms with Crippen molar-refractivity contribution in [2.45, 2.75) is 6.54 Å². The van der Waals surface area contributed by atoms with E-state index in [2.05, 4.69) is 4.98 Å². The van der Waals surface area contributed by atoms with Crippen molar-refractivity contribution < 1.29 is 18.9 Å². The van der Waals surface area contributed by atoms with Crippen LogP contribution in [0.1, 0.15) is 5.56 Å². The van der Waals surface area contributed by atoms with Crippen LogP contribution in [0.15, 0.2) is 30.3 Å². The van der Waals surface area contributed by atoms with Gasteiger partial charge in [0.2, 0.25) is 4.77 Å². The maximum Gasteiger partial charge on any atom is 0.201 e. The molecular formula is C19H21N3O4S. The minimum Gasteiger partial charge on any atom is -0.497 e. The summed E-state index contributed by atoms with van der Waals surface area (Å²) in [5, 5.41) is 0.725. The standard InChI is InChI=1S/C19H21N3O4S/c1-23-12-5-6-15(24-2)11(7-12)10-22-18(20)13-8-16(25-3)17(26-4)9-14(13)21-19(22)27/h5-9H,10,20H2,1-4H3. The highest BCUT2D eigenvalue weighted by Gasteiger charge is 2.14. The van der Waals surface area contributed by atoms with Crippen molar-refractivity contribution in [1.29, 1.82) is 0 Å². The Morgan fingerprint density at radius 2 is 1.59 bits per heavy atom. The lowest BCUT2D eigenvalue weighted by molar-refractivity contribution is 0.355. The smallest absolute Gasteiger partial charge is 0.201 e. The molecule has 0 bridgehead atoms. The topological polar surface area (TPSA) is 80.8 Å². The summed E-state index contributed by atoms with van der Waals surface area (Å²) < 4.78 is 23.6. The molecule has 0 saturated heterocycles. The van der Waals surface area contributed by atoms with Gasteiger partial charge in [-0.2, -0.15) is 0 Å². The van der Waals surface area contributed by atoms with E-state index in [1.54, 1.807) is 45.1 Å². The first kappa shape index (κ1) is 18.8. The predicted molar refractivity (Wildman–Crippen MR) is 107 cm³/mol. The summed E-state index contributed by atoms with van der Waals surface area (Å²) in [5.74, 6) is 3.05. The fourth-order valence-corrected chi connectivity index (χ4v) is 3.17. The lowest BCUT2D eigenvalue weighted by Crippen LogP contribution is -2.11. The van der Waals surface area contributed by atoms with E-state index in [9.17, 15) is 0 Å². The molecule has 142 valence electrons. The van der Waals surface area contributed by atoms with Gasteiger partial charge in [0.15, 0.2) is 11.5 Å². The number of hydrogen-bond donors (Lipinski definition) is 1. The molecule has 27 heavy (non-hydrogen) atoms. The molecule has 1 heterocycles. The summed E-state index contributed by atoms with van der Waals surface area (Å²) in [6.45, 7) is 0.391. The van der Waals surface area contributed by atoms with Crippen LogP contribution < -0.4 is 24.7 Å². The monoisotopic (exact) mass is 387 g/mol. The lowest BCUT2D eigenvalue weighted by atomic mass is 10.1. The van der Waals surface area contributed by atoms with E-state index >= 15 is 0 Å². The van der Waals surface area contributed by atoms with Gasteiger partial charge in [-0.15, -0.1) is 0 Å². The van der Waals surface area contributed by atoms with E-state index in [0.29, 0.717) is 39.9 Å². The Hall–Kier alpha value is -3.00. The number of hydrogen-bond acceptors (Lipinski definition) is 7. The van der Waals surface area contributed by atoms with Gasteiger partial charge in [-0.25, -0.2) is 4.98 Å². The zero-order chi connectivity index (χ0) is 19.6. The van der Waals surface area contributed by atoms with Gasteiger partial charge in [-0.3, -0.25) is 4.57 Å². The third-order valence-corrected chi connectivity index (χ3v) is 4.64. The number of methoxy groups -OCH3 is 4. The number of nitrogens with zero attached hydrogens (tertiary/aromatic N) is 2. The number of fused-ring (bicyclic) bond motifs is 1. The van der Waals surface area contributed by atoms with Crippen LogP contribution in [0.2, 0.25) is 0 Å². The molecule has 0 radical (unpaired) electrons. The first-order chi connectivity index (χ1) is 13.0. The fourth-order valence-electron chi connectivity index (χ4n) is 2.91. The van der Waals surface area contributed by atoms with Crippen molar-refractivity contribution in [2.75, 3.05) is 34.2 Å². The average molecular weight is 387 g/mol. The number of nitrogen functional groups attached to an aromatic ring is 1. The third-order valence-electron chi connectivity index (χ3n) is 4.33. The number of rotatable bonds is 6. The predicted octanol–water partition coefficient (Wildman–Crippen LogP) is 3.43. The van der Waals surface area contributed by atoms with Gasteiger partial charge in [0, 0.05) is 17.0 Å². The van der Waals surface area contributed by atoms with Gasteiger partial charge in [0.05, 0.1) is 40.5 Å². The summed E-state index contributed by atoms with van der Waals surface area (Å²) in [5.41, 5.74) is 7.95. The van der Waals surface area contributed by atoms with Crippen molar-refractivity contribution in [3.8, 4) is 23.0 Å². The van der Waals surface area contributed by atoms with Gasteiger partial charge in [0.25, 0.3) is 0 Å². The molecular weight excluding hydrogens is 366 g/mol. The lowest BCUT2D eigenvalue weighted by Gasteiger charge is -2.17. The average Bonchev–Trinajstić information content (AvgIpc) is 2.69. The molecule has 3 rings (SSSR count). The summed E-state index contributed by atoms with van der Waals surface area (Å²) in [7, 11) is 6.37. The molecule has 3 aromatic rings. The van der Waals surface area contributed by atoms with E-state index in [0.717, 1.165) is 16.7 Å². The Morgan fingerprint density at radius 3 is 2.22 bits per heavy atom. The van der Waals surface area contributed by atoms with Gasteiger partial charge in [0.1, 0.15) is 17.3 Å². The van der Waals surface area contributed by atoms with E-state index in [4.69, 9.17) is 36.9 Å². The molecule has 8 heteroatoms. The van der Waals surface area contributed by atoms with Crippen LogP contribution in [0.25, 0.3) is 10.9 Å². The summed E-state index contributed by atoms with van der Waals surface area (Å²) >= 11 is 5.48. The van der Waals surface area contributed by atoms with Crippen molar-refractivity contribution in [2.24, 2.45) is 0 Å². The third kappa shape index (κ3) is 3.48. The molecule has 2 N–H and O–H groups in total. The van der Waals surface area contributed by atoms with Crippen molar-refractivity contribution in [3.63, 3.8) is 0 Å². The van der Waals surface area contributed by atoms with Crippen LogP contribution in [-0.4, -0.2) is 38.0 Å². The maximum absolute atomic E-state index is 6.43. The molecule has 0 aliphatic heterocycles. The van der Waals surface area contributed by atoms with Crippen LogP contribution in [0.5, 0.6) is 23.0 Å². The van der Waals surface area contributed by atoms with Gasteiger partial charge < -0.3 is 24.7 Å². The summed E-state index contributed by atoms with van der Waals surface area (Å²) in [6, 6.07) is 9.12. The van der Waals surface area contributed by atoms with Crippen LogP contribution in [-0.2, 0) is 6.54 Å². The molecule has 2 aromatic carbocycles. The molecule has 1 aromatic heterocycles. The van der Waals surface area contributed by atoms with E-state index in [1.807, 2.05) is 18.2 Å². The quantitative estimate of drug-likeness (QED) is 0.649. The zero-order valence-electron chi connectivity index (χ0n) is 15.6. The highest BCUT2D eigenvalue weighted by atomic mass is 32.1. The van der Waals surface area contributed by atoms with E-state index < -0.39 is 0 Å². The molecule has 0 aliphatic carbocycles. The van der Waals surface area contributed by atoms with Crippen LogP contribution in [0, 0.1) is 4.77 Å². The molecule has 0 spiro atoms. The van der Waals surface area contributed by atoms with E-state index in [1.165, 1.54) is 0 Å². The number of benzene rings is 2. The Bertz CT molecular complexity index is 1050. The Labute approximate surface area is 162 Å². The normalized spacial score (nSPS) is 10.7. The SMILES string of the molecule is COc1ccc(OC)c(Cn2c(N)c3cc(OC)c(OC)cc3nc2=S)c1. The highest BCUT2D eigenvalue weighted by Crippen LogP contribution is 2.34. The largest absolute Gasteiger partial charge is 0.497 e. The highest BCUT2D eigenvalue weighted by molar-refractivity contribution is 7.71. The first-order valence-corrected chi connectivity index (χ1v) is 8.56. The second-order valence-corrected chi connectivity index (χ2v) is 6.13. The second-order valence-electron chi connectivity index (χ2n) is 5.77. The Balaban J connectivity index is 2.17. The molecule has 0 unspecified atom stereocenters. The number of aromatic nitrogens is 2. The summed E-state index contributed by atoms with van der Waals surface area (Å²) in [6.07, 6.45) is 0. The minimum atomic E-state index is 0.358. The molecule has 0 atom stereocenters. The van der Waals surface area contributed by atoms with Crippen molar-refractivity contribution in [1.82, 2.24) is 9.55 Å². The minimum absolute atomic E-state index is 0.358. The number of ether oxygens (including phenoxy) is 4. The van der Waals surface area contributed by atoms with Crippen molar-refractivity contribution >= 4 is 28.9 Å². The second kappa shape index (κ2) is 7.71. The number of anilines is 1. The summed E-state index contributed by atoms with van der Waals surface area (Å²) in [4.78, 5) is 4.50. The van der Waals surface area contributed by atoms with Crippen LogP contribution in [0.3, 0.4) is 0 Å². The van der Waals surface area contributed by atoms with Crippen LogP contribution >= 0.6 is 12.2 Å². The van der Waals surface area contributed by atoms with Gasteiger partial charge >= 0.3 is 0 Å². The van der Waals surface area contributed by atoms with Crippen LogP contribution in [0.4, 0.5) is 5.82 Å². The molecule has 0 fully saturated rings. The fraction of sp³-hybridized carbons (Fsp3) is 0.263. The van der Waals surface area contributed by atoms with E-state index in [-0.39, 0.29) is 0 Å². The van der Waals surface area contributed by atoms with Crippen molar-refractivity contribution in [3.05, 3.63) is 40.7 Å². The Kier molecular flexibility index (Phi) is 5.36. The van der Waals surface area contributed by atoms with Gasteiger partial charge in [-0.05, 0) is 36.5 Å². The Morgan fingerprint density at radius 1 is 0.926 bits per heavy atom. The van der Waals surface area contributed by atoms with Gasteiger partial charge in [-0.1, -0.05) is 0 Å². The molecule has 0 amide bonds. The molecule has 0 aliphatic rings. The molecule has 7 nitrogen and oxygen atoms in total. The zero-order valence-corrected chi connectivity index (χ0v) is 16.4. The first-order valence-electron chi connectivity index (χ1n) is 8.15. The number of nitrogens with two attached hydrogens (primary N) is 1. The maximum atomic E-state index is 6.43.